The molecule has 0 fully saturated rings. The van der Waals surface area contributed by atoms with Gasteiger partial charge in [-0.1, -0.05) is 29.8 Å². The molecule has 1 amide bonds. The standard InChI is InChI=1S/C18H16ClNO3/c1-12(17-10-13-4-2-3-5-16(13)23-17)20-18(21)11-22-15-8-6-14(19)7-9-15/h2-10,12H,11H2,1H3,(H,20,21). The van der Waals surface area contributed by atoms with Crippen molar-refractivity contribution in [2.24, 2.45) is 0 Å². The number of halogens is 1. The quantitative estimate of drug-likeness (QED) is 0.757. The summed E-state index contributed by atoms with van der Waals surface area (Å²) in [6.07, 6.45) is 0. The first-order valence-corrected chi connectivity index (χ1v) is 7.66. The zero-order valence-electron chi connectivity index (χ0n) is 12.6. The highest BCUT2D eigenvalue weighted by Gasteiger charge is 2.14. The molecule has 0 bridgehead atoms. The third kappa shape index (κ3) is 3.85. The number of carbonyl (C=O) groups excluding carboxylic acids is 1. The number of furan rings is 1. The minimum Gasteiger partial charge on any atom is -0.484 e. The summed E-state index contributed by atoms with van der Waals surface area (Å²) >= 11 is 5.80. The van der Waals surface area contributed by atoms with Crippen LogP contribution in [0.25, 0.3) is 11.0 Å². The number of rotatable bonds is 5. The molecular formula is C18H16ClNO3. The Kier molecular flexibility index (Phi) is 4.53. The molecule has 0 aliphatic heterocycles. The molecule has 23 heavy (non-hydrogen) atoms. The minimum atomic E-state index is -0.233. The largest absolute Gasteiger partial charge is 0.484 e. The van der Waals surface area contributed by atoms with Crippen molar-refractivity contribution in [1.29, 1.82) is 0 Å². The maximum atomic E-state index is 12.0. The van der Waals surface area contributed by atoms with Gasteiger partial charge in [-0.2, -0.15) is 0 Å². The van der Waals surface area contributed by atoms with Crippen molar-refractivity contribution < 1.29 is 13.9 Å². The van der Waals surface area contributed by atoms with E-state index in [1.54, 1.807) is 24.3 Å². The lowest BCUT2D eigenvalue weighted by molar-refractivity contribution is -0.123. The van der Waals surface area contributed by atoms with E-state index in [2.05, 4.69) is 5.32 Å². The number of amides is 1. The van der Waals surface area contributed by atoms with E-state index in [1.165, 1.54) is 0 Å². The number of carbonyl (C=O) groups is 1. The fourth-order valence-corrected chi connectivity index (χ4v) is 2.38. The molecule has 118 valence electrons. The Bertz CT molecular complexity index is 778. The molecular weight excluding hydrogens is 314 g/mol. The molecule has 1 atom stereocenters. The zero-order chi connectivity index (χ0) is 16.2. The summed E-state index contributed by atoms with van der Waals surface area (Å²) in [6.45, 7) is 1.81. The number of benzene rings is 2. The molecule has 0 spiro atoms. The molecule has 0 saturated heterocycles. The smallest absolute Gasteiger partial charge is 0.258 e. The number of ether oxygens (including phenoxy) is 1. The lowest BCUT2D eigenvalue weighted by atomic mass is 10.2. The summed E-state index contributed by atoms with van der Waals surface area (Å²) in [5.74, 6) is 1.10. The average Bonchev–Trinajstić information content (AvgIpc) is 2.98. The normalized spacial score (nSPS) is 12.1. The Morgan fingerprint density at radius 2 is 1.96 bits per heavy atom. The molecule has 2 aromatic carbocycles. The lowest BCUT2D eigenvalue weighted by Crippen LogP contribution is -2.31. The predicted molar refractivity (Wildman–Crippen MR) is 89.7 cm³/mol. The van der Waals surface area contributed by atoms with Gasteiger partial charge in [-0.15, -0.1) is 0 Å². The molecule has 0 aliphatic rings. The van der Waals surface area contributed by atoms with Crippen LogP contribution in [-0.4, -0.2) is 12.5 Å². The number of hydrogen-bond donors (Lipinski definition) is 1. The van der Waals surface area contributed by atoms with E-state index in [4.69, 9.17) is 20.8 Å². The van der Waals surface area contributed by atoms with Crippen LogP contribution < -0.4 is 10.1 Å². The number of nitrogens with one attached hydrogen (secondary N) is 1. The van der Waals surface area contributed by atoms with Crippen molar-refractivity contribution >= 4 is 28.5 Å². The van der Waals surface area contributed by atoms with Gasteiger partial charge in [0.25, 0.3) is 5.91 Å². The van der Waals surface area contributed by atoms with Gasteiger partial charge >= 0.3 is 0 Å². The average molecular weight is 330 g/mol. The fourth-order valence-electron chi connectivity index (χ4n) is 2.25. The molecule has 4 nitrogen and oxygen atoms in total. The second kappa shape index (κ2) is 6.75. The van der Waals surface area contributed by atoms with Crippen LogP contribution in [-0.2, 0) is 4.79 Å². The Hall–Kier alpha value is -2.46. The van der Waals surface area contributed by atoms with E-state index in [0.29, 0.717) is 16.5 Å². The number of para-hydroxylation sites is 1. The van der Waals surface area contributed by atoms with Gasteiger partial charge in [0.1, 0.15) is 17.1 Å². The van der Waals surface area contributed by atoms with Gasteiger partial charge in [0, 0.05) is 10.4 Å². The summed E-state index contributed by atoms with van der Waals surface area (Å²) < 4.78 is 11.2. The molecule has 1 heterocycles. The molecule has 1 aromatic heterocycles. The van der Waals surface area contributed by atoms with Crippen LogP contribution in [0.1, 0.15) is 18.7 Å². The van der Waals surface area contributed by atoms with Gasteiger partial charge in [0.15, 0.2) is 6.61 Å². The highest BCUT2D eigenvalue weighted by molar-refractivity contribution is 6.30. The minimum absolute atomic E-state index is 0.0633. The monoisotopic (exact) mass is 329 g/mol. The topological polar surface area (TPSA) is 51.5 Å². The second-order valence-corrected chi connectivity index (χ2v) is 5.65. The molecule has 0 radical (unpaired) electrons. The highest BCUT2D eigenvalue weighted by atomic mass is 35.5. The van der Waals surface area contributed by atoms with Crippen LogP contribution in [0.2, 0.25) is 5.02 Å². The first kappa shape index (κ1) is 15.4. The summed E-state index contributed by atoms with van der Waals surface area (Å²) in [6, 6.07) is 16.3. The molecule has 5 heteroatoms. The van der Waals surface area contributed by atoms with Crippen LogP contribution in [0.4, 0.5) is 0 Å². The third-order valence-corrected chi connectivity index (χ3v) is 3.68. The van der Waals surface area contributed by atoms with Crippen molar-refractivity contribution in [2.75, 3.05) is 6.61 Å². The van der Waals surface area contributed by atoms with E-state index in [9.17, 15) is 4.79 Å². The molecule has 0 saturated carbocycles. The van der Waals surface area contributed by atoms with E-state index in [-0.39, 0.29) is 18.6 Å². The molecule has 3 aromatic rings. The summed E-state index contributed by atoms with van der Waals surface area (Å²) in [7, 11) is 0. The van der Waals surface area contributed by atoms with Crippen molar-refractivity contribution in [1.82, 2.24) is 5.32 Å². The van der Waals surface area contributed by atoms with Crippen molar-refractivity contribution in [2.45, 2.75) is 13.0 Å². The first-order valence-electron chi connectivity index (χ1n) is 7.28. The maximum absolute atomic E-state index is 12.0. The SMILES string of the molecule is CC(NC(=O)COc1ccc(Cl)cc1)c1cc2ccccc2o1. The summed E-state index contributed by atoms with van der Waals surface area (Å²) in [5, 5.41) is 4.50. The molecule has 0 aliphatic carbocycles. The Morgan fingerprint density at radius 3 is 2.70 bits per heavy atom. The Balaban J connectivity index is 1.57. The van der Waals surface area contributed by atoms with Crippen LogP contribution in [0, 0.1) is 0 Å². The first-order chi connectivity index (χ1) is 11.1. The lowest BCUT2D eigenvalue weighted by Gasteiger charge is -2.12. The van der Waals surface area contributed by atoms with Crippen LogP contribution >= 0.6 is 11.6 Å². The van der Waals surface area contributed by atoms with Gasteiger partial charge in [0.05, 0.1) is 6.04 Å². The van der Waals surface area contributed by atoms with E-state index < -0.39 is 0 Å². The zero-order valence-corrected chi connectivity index (χ0v) is 13.3. The summed E-state index contributed by atoms with van der Waals surface area (Å²) in [4.78, 5) is 12.0. The second-order valence-electron chi connectivity index (χ2n) is 5.22. The molecule has 1 unspecified atom stereocenters. The fraction of sp³-hybridized carbons (Fsp3) is 0.167. The predicted octanol–water partition coefficient (Wildman–Crippen LogP) is 4.34. The van der Waals surface area contributed by atoms with E-state index >= 15 is 0 Å². The Labute approximate surface area is 139 Å². The van der Waals surface area contributed by atoms with Crippen molar-refractivity contribution in [3.05, 3.63) is 65.4 Å². The van der Waals surface area contributed by atoms with Gasteiger partial charge in [-0.3, -0.25) is 4.79 Å². The Morgan fingerprint density at radius 1 is 1.22 bits per heavy atom. The number of hydrogen-bond acceptors (Lipinski definition) is 3. The number of fused-ring (bicyclic) bond motifs is 1. The van der Waals surface area contributed by atoms with E-state index in [1.807, 2.05) is 37.3 Å². The maximum Gasteiger partial charge on any atom is 0.258 e. The van der Waals surface area contributed by atoms with Crippen LogP contribution in [0.3, 0.4) is 0 Å². The third-order valence-electron chi connectivity index (χ3n) is 3.43. The van der Waals surface area contributed by atoms with E-state index in [0.717, 1.165) is 11.0 Å². The van der Waals surface area contributed by atoms with Crippen LogP contribution in [0.5, 0.6) is 5.75 Å². The van der Waals surface area contributed by atoms with Gasteiger partial charge in [-0.05, 0) is 43.3 Å². The summed E-state index contributed by atoms with van der Waals surface area (Å²) in [5.41, 5.74) is 0.806. The van der Waals surface area contributed by atoms with Crippen molar-refractivity contribution in [3.63, 3.8) is 0 Å². The van der Waals surface area contributed by atoms with Crippen molar-refractivity contribution in [3.8, 4) is 5.75 Å². The van der Waals surface area contributed by atoms with Crippen LogP contribution in [0.15, 0.2) is 59.0 Å². The van der Waals surface area contributed by atoms with Gasteiger partial charge < -0.3 is 14.5 Å². The highest BCUT2D eigenvalue weighted by Crippen LogP contribution is 2.23. The molecule has 3 rings (SSSR count). The van der Waals surface area contributed by atoms with Gasteiger partial charge in [0.2, 0.25) is 0 Å². The molecule has 1 N–H and O–H groups in total. The van der Waals surface area contributed by atoms with Gasteiger partial charge in [-0.25, -0.2) is 0 Å².